The summed E-state index contributed by atoms with van der Waals surface area (Å²) < 4.78 is 0. The number of hydrogen-bond acceptors (Lipinski definition) is 4. The van der Waals surface area contributed by atoms with Crippen molar-refractivity contribution in [3.63, 3.8) is 0 Å². The Kier molecular flexibility index (Phi) is 3.54. The highest BCUT2D eigenvalue weighted by molar-refractivity contribution is 7.99. The number of rotatable bonds is 3. The van der Waals surface area contributed by atoms with E-state index in [1.165, 1.54) is 24.2 Å². The van der Waals surface area contributed by atoms with Crippen LogP contribution in [0.2, 0.25) is 5.02 Å². The highest BCUT2D eigenvalue weighted by atomic mass is 35.5. The molecule has 0 saturated carbocycles. The first-order chi connectivity index (χ1) is 7.78. The van der Waals surface area contributed by atoms with Gasteiger partial charge in [-0.3, -0.25) is 4.79 Å². The number of halogens is 1. The molecule has 0 radical (unpaired) electrons. The SMILES string of the molecule is O=Cc1cnc(Sc2cccc(Cl)c2)nc1. The zero-order valence-corrected chi connectivity index (χ0v) is 9.70. The van der Waals surface area contributed by atoms with Crippen LogP contribution in [0.25, 0.3) is 0 Å². The fourth-order valence-corrected chi connectivity index (χ4v) is 2.08. The van der Waals surface area contributed by atoms with Gasteiger partial charge < -0.3 is 0 Å². The quantitative estimate of drug-likeness (QED) is 0.620. The lowest BCUT2D eigenvalue weighted by Crippen LogP contribution is -1.88. The van der Waals surface area contributed by atoms with Gasteiger partial charge in [-0.05, 0) is 30.0 Å². The summed E-state index contributed by atoms with van der Waals surface area (Å²) in [5, 5.41) is 1.27. The molecule has 1 aromatic carbocycles. The van der Waals surface area contributed by atoms with Crippen molar-refractivity contribution in [2.24, 2.45) is 0 Å². The summed E-state index contributed by atoms with van der Waals surface area (Å²) in [4.78, 5) is 19.5. The molecule has 1 aromatic heterocycles. The Hall–Kier alpha value is -1.39. The number of benzene rings is 1. The van der Waals surface area contributed by atoms with Gasteiger partial charge in [-0.1, -0.05) is 17.7 Å². The van der Waals surface area contributed by atoms with Gasteiger partial charge >= 0.3 is 0 Å². The molecule has 0 aliphatic rings. The van der Waals surface area contributed by atoms with Crippen LogP contribution in [0.15, 0.2) is 46.7 Å². The Balaban J connectivity index is 2.17. The molecular weight excluding hydrogens is 244 g/mol. The van der Waals surface area contributed by atoms with E-state index in [9.17, 15) is 4.79 Å². The van der Waals surface area contributed by atoms with E-state index in [2.05, 4.69) is 9.97 Å². The highest BCUT2D eigenvalue weighted by Gasteiger charge is 2.01. The fourth-order valence-electron chi connectivity index (χ4n) is 1.08. The van der Waals surface area contributed by atoms with Gasteiger partial charge in [-0.15, -0.1) is 0 Å². The molecule has 0 aliphatic heterocycles. The Morgan fingerprint density at radius 2 is 2.00 bits per heavy atom. The predicted octanol–water partition coefficient (Wildman–Crippen LogP) is 3.09. The van der Waals surface area contributed by atoms with Gasteiger partial charge in [-0.25, -0.2) is 9.97 Å². The number of nitrogens with zero attached hydrogens (tertiary/aromatic N) is 2. The summed E-state index contributed by atoms with van der Waals surface area (Å²) in [6.45, 7) is 0. The topological polar surface area (TPSA) is 42.9 Å². The zero-order chi connectivity index (χ0) is 11.4. The number of hydrogen-bond donors (Lipinski definition) is 0. The molecule has 0 atom stereocenters. The van der Waals surface area contributed by atoms with Gasteiger partial charge in [0, 0.05) is 22.3 Å². The zero-order valence-electron chi connectivity index (χ0n) is 8.13. The normalized spacial score (nSPS) is 10.1. The molecule has 0 amide bonds. The van der Waals surface area contributed by atoms with Crippen LogP contribution in [0.1, 0.15) is 10.4 Å². The molecule has 1 heterocycles. The fraction of sp³-hybridized carbons (Fsp3) is 0. The lowest BCUT2D eigenvalue weighted by molar-refractivity contribution is 0.112. The molecule has 80 valence electrons. The van der Waals surface area contributed by atoms with Crippen LogP contribution in [0.3, 0.4) is 0 Å². The molecule has 2 rings (SSSR count). The molecule has 5 heteroatoms. The molecule has 16 heavy (non-hydrogen) atoms. The predicted molar refractivity (Wildman–Crippen MR) is 63.0 cm³/mol. The van der Waals surface area contributed by atoms with Gasteiger partial charge in [0.1, 0.15) is 0 Å². The van der Waals surface area contributed by atoms with E-state index in [-0.39, 0.29) is 0 Å². The van der Waals surface area contributed by atoms with Gasteiger partial charge in [0.25, 0.3) is 0 Å². The van der Waals surface area contributed by atoms with E-state index in [0.717, 1.165) is 4.90 Å². The number of aldehydes is 1. The molecular formula is C11H7ClN2OS. The lowest BCUT2D eigenvalue weighted by Gasteiger charge is -2.00. The van der Waals surface area contributed by atoms with Gasteiger partial charge in [0.2, 0.25) is 0 Å². The first-order valence-electron chi connectivity index (χ1n) is 4.48. The summed E-state index contributed by atoms with van der Waals surface area (Å²) in [6, 6.07) is 7.43. The summed E-state index contributed by atoms with van der Waals surface area (Å²) in [6.07, 6.45) is 3.70. The maximum Gasteiger partial charge on any atom is 0.192 e. The Labute approximate surface area is 102 Å². The molecule has 3 nitrogen and oxygen atoms in total. The van der Waals surface area contributed by atoms with E-state index in [0.29, 0.717) is 22.0 Å². The molecule has 0 N–H and O–H groups in total. The third-order valence-electron chi connectivity index (χ3n) is 1.79. The highest BCUT2D eigenvalue weighted by Crippen LogP contribution is 2.26. The molecule has 0 spiro atoms. The maximum absolute atomic E-state index is 10.4. The van der Waals surface area contributed by atoms with Crippen molar-refractivity contribution in [3.8, 4) is 0 Å². The Morgan fingerprint density at radius 3 is 2.62 bits per heavy atom. The van der Waals surface area contributed by atoms with Gasteiger partial charge in [0.05, 0.1) is 5.56 Å². The van der Waals surface area contributed by atoms with Crippen molar-refractivity contribution in [2.75, 3.05) is 0 Å². The van der Waals surface area contributed by atoms with Crippen LogP contribution in [0.5, 0.6) is 0 Å². The molecule has 0 fully saturated rings. The van der Waals surface area contributed by atoms with E-state index >= 15 is 0 Å². The van der Waals surface area contributed by atoms with E-state index in [1.807, 2.05) is 24.3 Å². The summed E-state index contributed by atoms with van der Waals surface area (Å²) in [5.74, 6) is 0. The second kappa shape index (κ2) is 5.09. The first kappa shape index (κ1) is 11.1. The molecule has 0 bridgehead atoms. The molecule has 2 aromatic rings. The van der Waals surface area contributed by atoms with Crippen molar-refractivity contribution in [1.29, 1.82) is 0 Å². The number of aromatic nitrogens is 2. The van der Waals surface area contributed by atoms with Crippen LogP contribution < -0.4 is 0 Å². The summed E-state index contributed by atoms with van der Waals surface area (Å²) in [7, 11) is 0. The van der Waals surface area contributed by atoms with E-state index < -0.39 is 0 Å². The van der Waals surface area contributed by atoms with Crippen molar-refractivity contribution >= 4 is 29.6 Å². The Bertz CT molecular complexity index is 502. The van der Waals surface area contributed by atoms with Crippen molar-refractivity contribution in [2.45, 2.75) is 10.1 Å². The smallest absolute Gasteiger partial charge is 0.192 e. The van der Waals surface area contributed by atoms with E-state index in [1.54, 1.807) is 0 Å². The molecule has 0 saturated heterocycles. The third kappa shape index (κ3) is 2.81. The van der Waals surface area contributed by atoms with Crippen LogP contribution in [-0.4, -0.2) is 16.3 Å². The molecule has 0 unspecified atom stereocenters. The van der Waals surface area contributed by atoms with Crippen LogP contribution in [-0.2, 0) is 0 Å². The standard InChI is InChI=1S/C11H7ClN2OS/c12-9-2-1-3-10(4-9)16-11-13-5-8(7-15)6-14-11/h1-7H. The van der Waals surface area contributed by atoms with Crippen molar-refractivity contribution in [3.05, 3.63) is 47.2 Å². The minimum absolute atomic E-state index is 0.468. The average Bonchev–Trinajstić information content (AvgIpc) is 2.30. The second-order valence-electron chi connectivity index (χ2n) is 2.98. The lowest BCUT2D eigenvalue weighted by atomic mass is 10.4. The number of carbonyl (C=O) groups excluding carboxylic acids is 1. The van der Waals surface area contributed by atoms with Crippen LogP contribution in [0.4, 0.5) is 0 Å². The van der Waals surface area contributed by atoms with Crippen LogP contribution in [0, 0.1) is 0 Å². The molecule has 0 aliphatic carbocycles. The third-order valence-corrected chi connectivity index (χ3v) is 2.91. The van der Waals surface area contributed by atoms with Gasteiger partial charge in [-0.2, -0.15) is 0 Å². The summed E-state index contributed by atoms with van der Waals surface area (Å²) in [5.41, 5.74) is 0.468. The van der Waals surface area contributed by atoms with Crippen molar-refractivity contribution < 1.29 is 4.79 Å². The summed E-state index contributed by atoms with van der Waals surface area (Å²) >= 11 is 7.26. The van der Waals surface area contributed by atoms with Crippen LogP contribution >= 0.6 is 23.4 Å². The van der Waals surface area contributed by atoms with Crippen molar-refractivity contribution in [1.82, 2.24) is 9.97 Å². The first-order valence-corrected chi connectivity index (χ1v) is 5.68. The van der Waals surface area contributed by atoms with E-state index in [4.69, 9.17) is 11.6 Å². The average molecular weight is 251 g/mol. The minimum atomic E-state index is 0.468. The van der Waals surface area contributed by atoms with Gasteiger partial charge in [0.15, 0.2) is 11.4 Å². The number of carbonyl (C=O) groups is 1. The monoisotopic (exact) mass is 250 g/mol. The maximum atomic E-state index is 10.4. The largest absolute Gasteiger partial charge is 0.298 e. The minimum Gasteiger partial charge on any atom is -0.298 e. The Morgan fingerprint density at radius 1 is 1.25 bits per heavy atom. The second-order valence-corrected chi connectivity index (χ2v) is 4.45.